The Hall–Kier alpha value is -2.07. The van der Waals surface area contributed by atoms with E-state index in [2.05, 4.69) is 9.97 Å². The van der Waals surface area contributed by atoms with Crippen LogP contribution < -0.4 is 4.74 Å². The molecule has 0 amide bonds. The molecule has 4 nitrogen and oxygen atoms in total. The van der Waals surface area contributed by atoms with Crippen molar-refractivity contribution in [2.75, 3.05) is 7.11 Å². The Morgan fingerprint density at radius 1 is 1.20 bits per heavy atom. The van der Waals surface area contributed by atoms with E-state index in [-0.39, 0.29) is 0 Å². The molecule has 0 spiro atoms. The molecule has 0 saturated heterocycles. The van der Waals surface area contributed by atoms with Gasteiger partial charge in [0.25, 0.3) is 0 Å². The van der Waals surface area contributed by atoms with Crippen molar-refractivity contribution < 1.29 is 4.74 Å². The van der Waals surface area contributed by atoms with Crippen LogP contribution in [0.25, 0.3) is 11.2 Å². The Bertz CT molecular complexity index is 722. The summed E-state index contributed by atoms with van der Waals surface area (Å²) in [5, 5.41) is 0. The van der Waals surface area contributed by atoms with Gasteiger partial charge in [0.1, 0.15) is 17.1 Å². The highest BCUT2D eigenvalue weighted by molar-refractivity contribution is 6.16. The molecule has 0 unspecified atom stereocenters. The maximum atomic E-state index is 5.99. The van der Waals surface area contributed by atoms with Gasteiger partial charge in [0.05, 0.1) is 19.5 Å². The summed E-state index contributed by atoms with van der Waals surface area (Å²) in [6.07, 6.45) is 1.77. The van der Waals surface area contributed by atoms with Gasteiger partial charge in [0, 0.05) is 6.20 Å². The molecule has 0 bridgehead atoms. The number of hydrogen-bond donors (Lipinski definition) is 0. The molecule has 102 valence electrons. The van der Waals surface area contributed by atoms with Crippen molar-refractivity contribution in [3.05, 3.63) is 54.0 Å². The molecule has 3 rings (SSSR count). The molecule has 0 atom stereocenters. The lowest BCUT2D eigenvalue weighted by Gasteiger charge is -2.08. The van der Waals surface area contributed by atoms with Crippen LogP contribution in [-0.2, 0) is 12.4 Å². The molecule has 0 N–H and O–H groups in total. The van der Waals surface area contributed by atoms with Gasteiger partial charge in [0.2, 0.25) is 0 Å². The summed E-state index contributed by atoms with van der Waals surface area (Å²) >= 11 is 5.99. The zero-order valence-corrected chi connectivity index (χ0v) is 11.8. The van der Waals surface area contributed by atoms with E-state index >= 15 is 0 Å². The van der Waals surface area contributed by atoms with Crippen molar-refractivity contribution in [2.45, 2.75) is 12.4 Å². The molecule has 1 aromatic carbocycles. The fourth-order valence-corrected chi connectivity index (χ4v) is 2.39. The molecule has 0 aliphatic heterocycles. The summed E-state index contributed by atoms with van der Waals surface area (Å²) in [6, 6.07) is 11.8. The number of hydrogen-bond acceptors (Lipinski definition) is 3. The lowest BCUT2D eigenvalue weighted by molar-refractivity contribution is 0.414. The Morgan fingerprint density at radius 3 is 2.70 bits per heavy atom. The number of halogens is 1. The first kappa shape index (κ1) is 12.9. The molecule has 0 radical (unpaired) electrons. The van der Waals surface area contributed by atoms with Gasteiger partial charge in [0.15, 0.2) is 5.65 Å². The zero-order valence-electron chi connectivity index (χ0n) is 11.1. The van der Waals surface area contributed by atoms with Crippen molar-refractivity contribution in [3.63, 3.8) is 0 Å². The molecule has 3 aromatic rings. The van der Waals surface area contributed by atoms with Crippen LogP contribution in [0, 0.1) is 0 Å². The second-order valence-electron chi connectivity index (χ2n) is 4.44. The minimum atomic E-state index is 0.368. The van der Waals surface area contributed by atoms with Crippen LogP contribution in [0.4, 0.5) is 0 Å². The molecule has 5 heteroatoms. The Labute approximate surface area is 122 Å². The largest absolute Gasteiger partial charge is 0.497 e. The summed E-state index contributed by atoms with van der Waals surface area (Å²) in [5.74, 6) is 2.04. The quantitative estimate of drug-likeness (QED) is 0.692. The van der Waals surface area contributed by atoms with E-state index in [1.807, 2.05) is 41.0 Å². The van der Waals surface area contributed by atoms with Crippen LogP contribution in [0.1, 0.15) is 11.4 Å². The van der Waals surface area contributed by atoms with E-state index in [1.165, 1.54) is 0 Å². The third kappa shape index (κ3) is 2.34. The molecule has 0 fully saturated rings. The van der Waals surface area contributed by atoms with Gasteiger partial charge in [-0.3, -0.25) is 0 Å². The number of aromatic nitrogens is 3. The fourth-order valence-electron chi connectivity index (χ4n) is 2.19. The van der Waals surface area contributed by atoms with Crippen LogP contribution in [0.2, 0.25) is 0 Å². The third-order valence-corrected chi connectivity index (χ3v) is 3.44. The van der Waals surface area contributed by atoms with Gasteiger partial charge in [-0.05, 0) is 29.8 Å². The number of benzene rings is 1. The van der Waals surface area contributed by atoms with Crippen molar-refractivity contribution in [2.24, 2.45) is 0 Å². The number of nitrogens with zero attached hydrogens (tertiary/aromatic N) is 3. The average molecular weight is 288 g/mol. The van der Waals surface area contributed by atoms with Crippen molar-refractivity contribution in [1.82, 2.24) is 14.5 Å². The first-order valence-electron chi connectivity index (χ1n) is 6.31. The van der Waals surface area contributed by atoms with Gasteiger partial charge in [-0.25, -0.2) is 9.97 Å². The second-order valence-corrected chi connectivity index (χ2v) is 4.71. The summed E-state index contributed by atoms with van der Waals surface area (Å²) in [5.41, 5.74) is 2.89. The Kier molecular flexibility index (Phi) is 3.56. The Morgan fingerprint density at radius 2 is 2.00 bits per heavy atom. The van der Waals surface area contributed by atoms with Gasteiger partial charge >= 0.3 is 0 Å². The predicted molar refractivity (Wildman–Crippen MR) is 79.2 cm³/mol. The van der Waals surface area contributed by atoms with E-state index in [1.54, 1.807) is 13.3 Å². The number of fused-ring (bicyclic) bond motifs is 1. The standard InChI is InChI=1S/C15H14ClN3O/c1-20-12-6-4-11(5-7-12)10-19-14(9-16)18-13-3-2-8-17-15(13)19/h2-8H,9-10H2,1H3. The van der Waals surface area contributed by atoms with E-state index < -0.39 is 0 Å². The van der Waals surface area contributed by atoms with Gasteiger partial charge in [-0.1, -0.05) is 12.1 Å². The molecule has 0 aliphatic carbocycles. The molecule has 20 heavy (non-hydrogen) atoms. The SMILES string of the molecule is COc1ccc(Cn2c(CCl)nc3cccnc32)cc1. The van der Waals surface area contributed by atoms with E-state index in [0.29, 0.717) is 12.4 Å². The average Bonchev–Trinajstić information content (AvgIpc) is 2.86. The van der Waals surface area contributed by atoms with Crippen LogP contribution in [0.5, 0.6) is 5.75 Å². The summed E-state index contributed by atoms with van der Waals surface area (Å²) in [6.45, 7) is 0.694. The van der Waals surface area contributed by atoms with Gasteiger partial charge < -0.3 is 9.30 Å². The lowest BCUT2D eigenvalue weighted by atomic mass is 10.2. The maximum absolute atomic E-state index is 5.99. The molecular formula is C15H14ClN3O. The molecule has 2 heterocycles. The highest BCUT2D eigenvalue weighted by atomic mass is 35.5. The van der Waals surface area contributed by atoms with Crippen LogP contribution >= 0.6 is 11.6 Å². The Balaban J connectivity index is 2.00. The number of pyridine rings is 1. The second kappa shape index (κ2) is 5.51. The first-order valence-corrected chi connectivity index (χ1v) is 6.84. The fraction of sp³-hybridized carbons (Fsp3) is 0.200. The molecular weight excluding hydrogens is 274 g/mol. The number of alkyl halides is 1. The predicted octanol–water partition coefficient (Wildman–Crippen LogP) is 3.23. The maximum Gasteiger partial charge on any atom is 0.160 e. The van der Waals surface area contributed by atoms with E-state index in [0.717, 1.165) is 28.3 Å². The van der Waals surface area contributed by atoms with Crippen molar-refractivity contribution >= 4 is 22.8 Å². The number of ether oxygens (including phenoxy) is 1. The monoisotopic (exact) mass is 287 g/mol. The van der Waals surface area contributed by atoms with Crippen molar-refractivity contribution in [1.29, 1.82) is 0 Å². The third-order valence-electron chi connectivity index (χ3n) is 3.20. The van der Waals surface area contributed by atoms with Gasteiger partial charge in [-0.15, -0.1) is 11.6 Å². The molecule has 2 aromatic heterocycles. The number of imidazole rings is 1. The molecule has 0 saturated carbocycles. The summed E-state index contributed by atoms with van der Waals surface area (Å²) in [7, 11) is 1.66. The lowest BCUT2D eigenvalue weighted by Crippen LogP contribution is -2.04. The minimum Gasteiger partial charge on any atom is -0.497 e. The van der Waals surface area contributed by atoms with Crippen LogP contribution in [0.3, 0.4) is 0 Å². The molecule has 0 aliphatic rings. The van der Waals surface area contributed by atoms with E-state index in [9.17, 15) is 0 Å². The highest BCUT2D eigenvalue weighted by Gasteiger charge is 2.10. The normalized spacial score (nSPS) is 10.9. The summed E-state index contributed by atoms with van der Waals surface area (Å²) < 4.78 is 7.21. The highest BCUT2D eigenvalue weighted by Crippen LogP contribution is 2.18. The van der Waals surface area contributed by atoms with Crippen LogP contribution in [-0.4, -0.2) is 21.6 Å². The smallest absolute Gasteiger partial charge is 0.160 e. The van der Waals surface area contributed by atoms with E-state index in [4.69, 9.17) is 16.3 Å². The number of methoxy groups -OCH3 is 1. The zero-order chi connectivity index (χ0) is 13.9. The topological polar surface area (TPSA) is 39.9 Å². The minimum absolute atomic E-state index is 0.368. The number of rotatable bonds is 4. The van der Waals surface area contributed by atoms with Gasteiger partial charge in [-0.2, -0.15) is 0 Å². The van der Waals surface area contributed by atoms with Crippen LogP contribution in [0.15, 0.2) is 42.6 Å². The first-order chi connectivity index (χ1) is 9.81. The summed E-state index contributed by atoms with van der Waals surface area (Å²) in [4.78, 5) is 8.90. The van der Waals surface area contributed by atoms with Crippen molar-refractivity contribution in [3.8, 4) is 5.75 Å².